The molecule has 0 saturated heterocycles. The highest BCUT2D eigenvalue weighted by Gasteiger charge is 2.15. The summed E-state index contributed by atoms with van der Waals surface area (Å²) in [6.45, 7) is 0. The standard InChI is InChI=1S/C13H7Cl3O3S/c14-9-3-6-12(15)11(7-9)13(17)8-1-4-10(5-2-8)20(16,18)19/h1-7H. The predicted octanol–water partition coefficient (Wildman–Crippen LogP) is 4.15. The molecule has 3 nitrogen and oxygen atoms in total. The van der Waals surface area contributed by atoms with E-state index in [9.17, 15) is 13.2 Å². The molecule has 2 aromatic rings. The maximum absolute atomic E-state index is 12.3. The van der Waals surface area contributed by atoms with E-state index in [0.717, 1.165) is 0 Å². The quantitative estimate of drug-likeness (QED) is 0.618. The van der Waals surface area contributed by atoms with Crippen molar-refractivity contribution in [1.29, 1.82) is 0 Å². The monoisotopic (exact) mass is 348 g/mol. The molecule has 0 N–H and O–H groups in total. The maximum atomic E-state index is 12.3. The number of carbonyl (C=O) groups is 1. The fourth-order valence-electron chi connectivity index (χ4n) is 1.60. The van der Waals surface area contributed by atoms with Crippen LogP contribution in [0.15, 0.2) is 47.4 Å². The molecule has 0 fully saturated rings. The Hall–Kier alpha value is -1.07. The molecule has 0 spiro atoms. The minimum atomic E-state index is -3.81. The first-order valence-electron chi connectivity index (χ1n) is 5.33. The zero-order chi connectivity index (χ0) is 14.9. The van der Waals surface area contributed by atoms with Gasteiger partial charge < -0.3 is 0 Å². The first-order chi connectivity index (χ1) is 9.29. The number of halogens is 3. The van der Waals surface area contributed by atoms with Crippen LogP contribution < -0.4 is 0 Å². The Kier molecular flexibility index (Phi) is 4.39. The summed E-state index contributed by atoms with van der Waals surface area (Å²) in [5.74, 6) is -0.351. The summed E-state index contributed by atoms with van der Waals surface area (Å²) in [5.41, 5.74) is 0.541. The topological polar surface area (TPSA) is 51.2 Å². The lowest BCUT2D eigenvalue weighted by Crippen LogP contribution is -2.03. The first kappa shape index (κ1) is 15.3. The van der Waals surface area contributed by atoms with E-state index in [1.807, 2.05) is 0 Å². The van der Waals surface area contributed by atoms with Crippen LogP contribution in [0.2, 0.25) is 10.0 Å². The summed E-state index contributed by atoms with van der Waals surface area (Å²) in [6, 6.07) is 9.81. The SMILES string of the molecule is O=C(c1ccc(S(=O)(=O)Cl)cc1)c1cc(Cl)ccc1Cl. The number of benzene rings is 2. The highest BCUT2D eigenvalue weighted by molar-refractivity contribution is 8.13. The highest BCUT2D eigenvalue weighted by Crippen LogP contribution is 2.24. The molecule has 0 atom stereocenters. The summed E-state index contributed by atoms with van der Waals surface area (Å²) >= 11 is 11.8. The molecular weight excluding hydrogens is 343 g/mol. The van der Waals surface area contributed by atoms with Gasteiger partial charge in [-0.1, -0.05) is 23.2 Å². The van der Waals surface area contributed by atoms with Crippen molar-refractivity contribution >= 4 is 48.7 Å². The van der Waals surface area contributed by atoms with Crippen LogP contribution in [0.5, 0.6) is 0 Å². The fourth-order valence-corrected chi connectivity index (χ4v) is 2.74. The van der Waals surface area contributed by atoms with E-state index in [2.05, 4.69) is 0 Å². The van der Waals surface area contributed by atoms with Gasteiger partial charge in [-0.15, -0.1) is 0 Å². The minimum absolute atomic E-state index is 0.0760. The molecule has 2 aromatic carbocycles. The van der Waals surface area contributed by atoms with Gasteiger partial charge in [0.05, 0.1) is 9.92 Å². The number of ketones is 1. The second-order valence-electron chi connectivity index (χ2n) is 3.92. The fraction of sp³-hybridized carbons (Fsp3) is 0. The lowest BCUT2D eigenvalue weighted by Gasteiger charge is -2.05. The van der Waals surface area contributed by atoms with Gasteiger partial charge in [0.25, 0.3) is 9.05 Å². The number of hydrogen-bond acceptors (Lipinski definition) is 3. The average Bonchev–Trinajstić information content (AvgIpc) is 2.40. The lowest BCUT2D eigenvalue weighted by molar-refractivity contribution is 0.103. The van der Waals surface area contributed by atoms with Crippen molar-refractivity contribution in [2.75, 3.05) is 0 Å². The van der Waals surface area contributed by atoms with E-state index in [1.165, 1.54) is 36.4 Å². The van der Waals surface area contributed by atoms with E-state index in [4.69, 9.17) is 33.9 Å². The van der Waals surface area contributed by atoms with E-state index >= 15 is 0 Å². The Balaban J connectivity index is 2.42. The molecule has 0 aliphatic heterocycles. The van der Waals surface area contributed by atoms with Crippen LogP contribution in [0.3, 0.4) is 0 Å². The van der Waals surface area contributed by atoms with Gasteiger partial charge in [-0.05, 0) is 42.5 Å². The van der Waals surface area contributed by atoms with Crippen molar-refractivity contribution < 1.29 is 13.2 Å². The van der Waals surface area contributed by atoms with Crippen molar-refractivity contribution in [2.24, 2.45) is 0 Å². The Bertz CT molecular complexity index is 768. The minimum Gasteiger partial charge on any atom is -0.289 e. The summed E-state index contributed by atoms with van der Waals surface area (Å²) in [6.07, 6.45) is 0. The molecule has 0 aliphatic carbocycles. The predicted molar refractivity (Wildman–Crippen MR) is 79.4 cm³/mol. The molecule has 0 radical (unpaired) electrons. The number of hydrogen-bond donors (Lipinski definition) is 0. The number of carbonyl (C=O) groups excluding carboxylic acids is 1. The third-order valence-corrected chi connectivity index (χ3v) is 4.51. The summed E-state index contributed by atoms with van der Waals surface area (Å²) in [7, 11) is 1.39. The van der Waals surface area contributed by atoms with Gasteiger partial charge in [0.1, 0.15) is 0 Å². The van der Waals surface area contributed by atoms with E-state index in [1.54, 1.807) is 6.07 Å². The smallest absolute Gasteiger partial charge is 0.261 e. The second-order valence-corrected chi connectivity index (χ2v) is 7.33. The molecule has 0 saturated carbocycles. The lowest BCUT2D eigenvalue weighted by atomic mass is 10.0. The van der Waals surface area contributed by atoms with Crippen molar-refractivity contribution in [3.63, 3.8) is 0 Å². The van der Waals surface area contributed by atoms with Crippen LogP contribution in [0, 0.1) is 0 Å². The van der Waals surface area contributed by atoms with Crippen LogP contribution in [0.25, 0.3) is 0 Å². The van der Waals surface area contributed by atoms with Crippen molar-refractivity contribution in [3.8, 4) is 0 Å². The van der Waals surface area contributed by atoms with Crippen LogP contribution in [0.4, 0.5) is 0 Å². The van der Waals surface area contributed by atoms with Crippen LogP contribution in [-0.4, -0.2) is 14.2 Å². The normalized spacial score (nSPS) is 11.3. The molecule has 104 valence electrons. The maximum Gasteiger partial charge on any atom is 0.261 e. The van der Waals surface area contributed by atoms with Gasteiger partial charge in [-0.3, -0.25) is 4.79 Å². The third-order valence-electron chi connectivity index (χ3n) is 2.57. The summed E-state index contributed by atoms with van der Waals surface area (Å²) < 4.78 is 22.2. The van der Waals surface area contributed by atoms with Crippen molar-refractivity contribution in [2.45, 2.75) is 4.90 Å². The molecule has 0 aromatic heterocycles. The molecule has 0 amide bonds. The highest BCUT2D eigenvalue weighted by atomic mass is 35.7. The van der Waals surface area contributed by atoms with Gasteiger partial charge in [0, 0.05) is 26.8 Å². The Morgan fingerprint density at radius 1 is 0.950 bits per heavy atom. The van der Waals surface area contributed by atoms with Crippen molar-refractivity contribution in [3.05, 3.63) is 63.6 Å². The third kappa shape index (κ3) is 3.33. The summed E-state index contributed by atoms with van der Waals surface area (Å²) in [4.78, 5) is 12.2. The van der Waals surface area contributed by atoms with Gasteiger partial charge in [0.15, 0.2) is 5.78 Å². The Labute approximate surface area is 130 Å². The van der Waals surface area contributed by atoms with Gasteiger partial charge in [0.2, 0.25) is 0 Å². The number of rotatable bonds is 3. The molecule has 0 unspecified atom stereocenters. The van der Waals surface area contributed by atoms with E-state index < -0.39 is 9.05 Å². The first-order valence-corrected chi connectivity index (χ1v) is 8.40. The molecule has 0 bridgehead atoms. The van der Waals surface area contributed by atoms with Gasteiger partial charge >= 0.3 is 0 Å². The molecule has 7 heteroatoms. The molecule has 0 heterocycles. The van der Waals surface area contributed by atoms with Crippen LogP contribution in [0.1, 0.15) is 15.9 Å². The molecule has 20 heavy (non-hydrogen) atoms. The molecular formula is C13H7Cl3O3S. The zero-order valence-corrected chi connectivity index (χ0v) is 12.9. The molecule has 0 aliphatic rings. The average molecular weight is 350 g/mol. The van der Waals surface area contributed by atoms with E-state index in [-0.39, 0.29) is 21.3 Å². The van der Waals surface area contributed by atoms with Gasteiger partial charge in [-0.2, -0.15) is 0 Å². The summed E-state index contributed by atoms with van der Waals surface area (Å²) in [5, 5.41) is 0.658. The van der Waals surface area contributed by atoms with Gasteiger partial charge in [-0.25, -0.2) is 8.42 Å². The van der Waals surface area contributed by atoms with E-state index in [0.29, 0.717) is 10.6 Å². The second kappa shape index (κ2) is 5.74. The Morgan fingerprint density at radius 3 is 2.10 bits per heavy atom. The van der Waals surface area contributed by atoms with Crippen LogP contribution in [-0.2, 0) is 9.05 Å². The largest absolute Gasteiger partial charge is 0.289 e. The Morgan fingerprint density at radius 2 is 1.55 bits per heavy atom. The van der Waals surface area contributed by atoms with Crippen LogP contribution >= 0.6 is 33.9 Å². The van der Waals surface area contributed by atoms with Crippen molar-refractivity contribution in [1.82, 2.24) is 0 Å². The molecule has 2 rings (SSSR count). The zero-order valence-electron chi connectivity index (χ0n) is 9.81.